The molecule has 1 aliphatic heterocycles. The molecule has 1 fully saturated rings. The van der Waals surface area contributed by atoms with Crippen LogP contribution in [-0.4, -0.2) is 32.2 Å². The maximum atomic E-state index is 6.20. The van der Waals surface area contributed by atoms with Gasteiger partial charge in [-0.15, -0.1) is 0 Å². The lowest BCUT2D eigenvalue weighted by Gasteiger charge is -2.17. The maximum absolute atomic E-state index is 6.20. The lowest BCUT2D eigenvalue weighted by Crippen LogP contribution is -2.17. The molecule has 0 bridgehead atoms. The second kappa shape index (κ2) is 7.19. The molecular formula is C18H20ClN5O2. The summed E-state index contributed by atoms with van der Waals surface area (Å²) in [5.41, 5.74) is 7.99. The van der Waals surface area contributed by atoms with Crippen LogP contribution in [0, 0.1) is 5.92 Å². The van der Waals surface area contributed by atoms with E-state index in [1.165, 1.54) is 0 Å². The Hall–Kier alpha value is -2.22. The van der Waals surface area contributed by atoms with E-state index in [4.69, 9.17) is 26.8 Å². The fraction of sp³-hybridized carbons (Fsp3) is 0.389. The minimum atomic E-state index is -0.185. The van der Waals surface area contributed by atoms with Gasteiger partial charge in [0.15, 0.2) is 10.8 Å². The highest BCUT2D eigenvalue weighted by atomic mass is 35.5. The molecular weight excluding hydrogens is 354 g/mol. The number of hydrogen-bond acceptors (Lipinski definition) is 6. The van der Waals surface area contributed by atoms with Gasteiger partial charge in [-0.25, -0.2) is 4.98 Å². The maximum Gasteiger partial charge on any atom is 0.223 e. The molecule has 2 N–H and O–H groups in total. The van der Waals surface area contributed by atoms with Gasteiger partial charge in [0, 0.05) is 5.92 Å². The van der Waals surface area contributed by atoms with Gasteiger partial charge in [0.05, 0.1) is 25.6 Å². The van der Waals surface area contributed by atoms with Gasteiger partial charge >= 0.3 is 0 Å². The van der Waals surface area contributed by atoms with Crippen LogP contribution in [0.15, 0.2) is 36.7 Å². The Bertz CT molecular complexity index is 901. The molecule has 26 heavy (non-hydrogen) atoms. The Morgan fingerprint density at radius 1 is 1.31 bits per heavy atom. The molecule has 3 heterocycles. The van der Waals surface area contributed by atoms with Crippen molar-refractivity contribution in [1.82, 2.24) is 19.5 Å². The third kappa shape index (κ3) is 3.38. The molecule has 0 spiro atoms. The van der Waals surface area contributed by atoms with Gasteiger partial charge < -0.3 is 15.2 Å². The summed E-state index contributed by atoms with van der Waals surface area (Å²) in [7, 11) is 0. The van der Waals surface area contributed by atoms with Gasteiger partial charge in [-0.05, 0) is 12.0 Å². The van der Waals surface area contributed by atoms with E-state index < -0.39 is 0 Å². The van der Waals surface area contributed by atoms with Gasteiger partial charge in [-0.1, -0.05) is 48.9 Å². The molecule has 8 heteroatoms. The average molecular weight is 374 g/mol. The van der Waals surface area contributed by atoms with Crippen LogP contribution in [0.1, 0.15) is 25.1 Å². The van der Waals surface area contributed by atoms with E-state index in [-0.39, 0.29) is 29.4 Å². The van der Waals surface area contributed by atoms with Crippen molar-refractivity contribution in [3.8, 4) is 0 Å². The summed E-state index contributed by atoms with van der Waals surface area (Å²) < 4.78 is 13.9. The van der Waals surface area contributed by atoms with Crippen LogP contribution in [0.25, 0.3) is 11.2 Å². The normalized spacial score (nSPS) is 22.9. The fourth-order valence-corrected chi connectivity index (χ4v) is 3.55. The fourth-order valence-electron chi connectivity index (χ4n) is 3.33. The number of hydrogen-bond donors (Lipinski definition) is 1. The van der Waals surface area contributed by atoms with E-state index in [1.807, 2.05) is 34.9 Å². The third-order valence-corrected chi connectivity index (χ3v) is 4.80. The lowest BCUT2D eigenvalue weighted by molar-refractivity contribution is -0.0492. The van der Waals surface area contributed by atoms with Crippen LogP contribution in [0.4, 0.5) is 5.95 Å². The number of nitrogens with zero attached hydrogens (tertiary/aromatic N) is 4. The minimum absolute atomic E-state index is 0.0193. The van der Waals surface area contributed by atoms with E-state index in [2.05, 4.69) is 21.9 Å². The molecule has 4 rings (SSSR count). The third-order valence-electron chi connectivity index (χ3n) is 4.54. The largest absolute Gasteiger partial charge is 0.374 e. The lowest BCUT2D eigenvalue weighted by atomic mass is 10.1. The number of ether oxygens (including phenoxy) is 2. The van der Waals surface area contributed by atoms with Gasteiger partial charge in [-0.3, -0.25) is 4.57 Å². The molecule has 0 unspecified atom stereocenters. The summed E-state index contributed by atoms with van der Waals surface area (Å²) in [5.74, 6) is 0.408. The number of nitrogens with two attached hydrogens (primary N) is 1. The molecule has 3 aromatic rings. The topological polar surface area (TPSA) is 88.1 Å². The first-order chi connectivity index (χ1) is 12.6. The number of imidazole rings is 1. The van der Waals surface area contributed by atoms with Crippen molar-refractivity contribution in [2.45, 2.75) is 32.3 Å². The number of halogens is 1. The van der Waals surface area contributed by atoms with Crippen molar-refractivity contribution in [2.75, 3.05) is 12.3 Å². The first kappa shape index (κ1) is 17.2. The van der Waals surface area contributed by atoms with Crippen molar-refractivity contribution in [3.63, 3.8) is 0 Å². The van der Waals surface area contributed by atoms with E-state index in [9.17, 15) is 0 Å². The summed E-state index contributed by atoms with van der Waals surface area (Å²) in [6.45, 7) is 3.26. The van der Waals surface area contributed by atoms with Crippen LogP contribution in [0.2, 0.25) is 5.15 Å². The van der Waals surface area contributed by atoms with Crippen molar-refractivity contribution in [2.24, 2.45) is 5.92 Å². The Labute approximate surface area is 156 Å². The molecule has 0 amide bonds. The Balaban J connectivity index is 1.44. The molecule has 0 saturated carbocycles. The van der Waals surface area contributed by atoms with E-state index in [0.717, 1.165) is 12.0 Å². The van der Waals surface area contributed by atoms with E-state index >= 15 is 0 Å². The second-order valence-corrected chi connectivity index (χ2v) is 6.92. The molecule has 0 radical (unpaired) electrons. The van der Waals surface area contributed by atoms with Gasteiger partial charge in [0.25, 0.3) is 0 Å². The molecule has 136 valence electrons. The zero-order valence-electron chi connectivity index (χ0n) is 14.4. The summed E-state index contributed by atoms with van der Waals surface area (Å²) in [5, 5.41) is 0.250. The van der Waals surface area contributed by atoms with Crippen molar-refractivity contribution >= 4 is 28.7 Å². The van der Waals surface area contributed by atoms with Crippen molar-refractivity contribution < 1.29 is 9.47 Å². The first-order valence-electron chi connectivity index (χ1n) is 8.54. The predicted molar refractivity (Wildman–Crippen MR) is 98.5 cm³/mol. The number of nitrogen functional groups attached to an aromatic ring is 1. The monoisotopic (exact) mass is 373 g/mol. The molecule has 1 saturated heterocycles. The van der Waals surface area contributed by atoms with Crippen molar-refractivity contribution in [3.05, 3.63) is 47.4 Å². The zero-order chi connectivity index (χ0) is 18.1. The zero-order valence-corrected chi connectivity index (χ0v) is 15.1. The highest BCUT2D eigenvalue weighted by molar-refractivity contribution is 6.33. The predicted octanol–water partition coefficient (Wildman–Crippen LogP) is 3.20. The highest BCUT2D eigenvalue weighted by Crippen LogP contribution is 2.36. The number of benzene rings is 1. The summed E-state index contributed by atoms with van der Waals surface area (Å²) in [6.07, 6.45) is 2.41. The quantitative estimate of drug-likeness (QED) is 0.691. The molecule has 0 aliphatic carbocycles. The molecule has 3 atom stereocenters. The van der Waals surface area contributed by atoms with E-state index in [1.54, 1.807) is 6.33 Å². The van der Waals surface area contributed by atoms with Gasteiger partial charge in [0.1, 0.15) is 11.7 Å². The Morgan fingerprint density at radius 3 is 2.92 bits per heavy atom. The first-order valence-corrected chi connectivity index (χ1v) is 8.92. The van der Waals surface area contributed by atoms with Crippen LogP contribution in [0.3, 0.4) is 0 Å². The minimum Gasteiger partial charge on any atom is -0.374 e. The average Bonchev–Trinajstić information content (AvgIpc) is 3.19. The highest BCUT2D eigenvalue weighted by Gasteiger charge is 2.34. The van der Waals surface area contributed by atoms with Gasteiger partial charge in [0.2, 0.25) is 5.95 Å². The number of fused-ring (bicyclic) bond motifs is 1. The SMILES string of the molecule is C[C@H]1C[C@@H](COCc2ccccc2)O[C@H]1n1cnc2c(Cl)nc(N)nc21. The number of rotatable bonds is 5. The van der Waals surface area contributed by atoms with Gasteiger partial charge in [-0.2, -0.15) is 9.97 Å². The number of aromatic nitrogens is 4. The second-order valence-electron chi connectivity index (χ2n) is 6.56. The van der Waals surface area contributed by atoms with Crippen molar-refractivity contribution in [1.29, 1.82) is 0 Å². The molecule has 7 nitrogen and oxygen atoms in total. The smallest absolute Gasteiger partial charge is 0.223 e. The summed E-state index contributed by atoms with van der Waals surface area (Å²) in [4.78, 5) is 12.5. The van der Waals surface area contributed by atoms with Crippen LogP contribution >= 0.6 is 11.6 Å². The summed E-state index contributed by atoms with van der Waals surface area (Å²) >= 11 is 6.11. The van der Waals surface area contributed by atoms with E-state index in [0.29, 0.717) is 24.4 Å². The van der Waals surface area contributed by atoms with Crippen LogP contribution in [-0.2, 0) is 16.1 Å². The Kier molecular flexibility index (Phi) is 4.76. The molecule has 1 aliphatic rings. The van der Waals surface area contributed by atoms with Crippen LogP contribution < -0.4 is 5.73 Å². The standard InChI is InChI=1S/C18H20ClN5O2/c1-11-7-13(9-25-8-12-5-3-2-4-6-12)26-17(11)24-10-21-14-15(19)22-18(20)23-16(14)24/h2-6,10-11,13,17H,7-9H2,1H3,(H2,20,22,23)/t11-,13-,17+/m0/s1. The molecule has 2 aromatic heterocycles. The molecule has 1 aromatic carbocycles. The summed E-state index contributed by atoms with van der Waals surface area (Å²) in [6, 6.07) is 10.1. The number of anilines is 1. The Morgan fingerprint density at radius 2 is 2.12 bits per heavy atom. The van der Waals surface area contributed by atoms with Crippen LogP contribution in [0.5, 0.6) is 0 Å².